The molecule has 31 heavy (non-hydrogen) atoms. The van der Waals surface area contributed by atoms with Gasteiger partial charge in [0.1, 0.15) is 18.2 Å². The molecule has 4 aromatic rings. The summed E-state index contributed by atoms with van der Waals surface area (Å²) in [5.41, 5.74) is 3.06. The number of nitrogens with zero attached hydrogens (tertiary/aromatic N) is 1. The van der Waals surface area contributed by atoms with Crippen LogP contribution in [0.25, 0.3) is 10.8 Å². The zero-order valence-electron chi connectivity index (χ0n) is 17.0. The summed E-state index contributed by atoms with van der Waals surface area (Å²) in [5, 5.41) is 1.98. The number of benzene rings is 4. The van der Waals surface area contributed by atoms with E-state index >= 15 is 0 Å². The van der Waals surface area contributed by atoms with Crippen LogP contribution in [0.3, 0.4) is 0 Å². The smallest absolute Gasteiger partial charge is 0.255 e. The zero-order valence-corrected chi connectivity index (χ0v) is 17.0. The molecule has 0 radical (unpaired) electrons. The predicted molar refractivity (Wildman–Crippen MR) is 120 cm³/mol. The molecule has 1 atom stereocenters. The summed E-state index contributed by atoms with van der Waals surface area (Å²) in [6.45, 7) is 0.823. The van der Waals surface area contributed by atoms with Crippen LogP contribution in [-0.4, -0.2) is 23.5 Å². The molecule has 1 heterocycles. The first-order valence-electron chi connectivity index (χ1n) is 10.4. The van der Waals surface area contributed by atoms with E-state index in [1.165, 1.54) is 17.7 Å². The second-order valence-corrected chi connectivity index (χ2v) is 7.85. The molecule has 154 valence electrons. The lowest BCUT2D eigenvalue weighted by molar-refractivity contribution is 0.0568. The van der Waals surface area contributed by atoms with Crippen LogP contribution in [0.2, 0.25) is 0 Å². The monoisotopic (exact) mass is 411 g/mol. The first-order valence-corrected chi connectivity index (χ1v) is 10.4. The van der Waals surface area contributed by atoms with Gasteiger partial charge < -0.3 is 9.64 Å². The molecule has 0 bridgehead atoms. The Morgan fingerprint density at radius 2 is 1.65 bits per heavy atom. The number of rotatable bonds is 4. The second-order valence-electron chi connectivity index (χ2n) is 7.85. The van der Waals surface area contributed by atoms with Crippen LogP contribution in [0.4, 0.5) is 4.39 Å². The summed E-state index contributed by atoms with van der Waals surface area (Å²) in [6, 6.07) is 27.9. The van der Waals surface area contributed by atoms with E-state index in [1.54, 1.807) is 12.1 Å². The molecule has 4 heteroatoms. The van der Waals surface area contributed by atoms with Crippen molar-refractivity contribution >= 4 is 16.7 Å². The van der Waals surface area contributed by atoms with Gasteiger partial charge in [0.15, 0.2) is 0 Å². The molecule has 0 aliphatic carbocycles. The summed E-state index contributed by atoms with van der Waals surface area (Å²) in [5.74, 6) is 0.116. The Hall–Kier alpha value is -3.66. The lowest BCUT2D eigenvalue weighted by Crippen LogP contribution is -2.47. The molecule has 1 aliphatic heterocycles. The van der Waals surface area contributed by atoms with Crippen LogP contribution < -0.4 is 4.74 Å². The molecular weight excluding hydrogens is 389 g/mol. The maximum absolute atomic E-state index is 13.7. The highest BCUT2D eigenvalue weighted by molar-refractivity contribution is 6.07. The van der Waals surface area contributed by atoms with E-state index in [0.717, 1.165) is 16.3 Å². The highest BCUT2D eigenvalue weighted by atomic mass is 19.1. The van der Waals surface area contributed by atoms with E-state index in [9.17, 15) is 9.18 Å². The van der Waals surface area contributed by atoms with Crippen molar-refractivity contribution in [2.24, 2.45) is 0 Å². The minimum atomic E-state index is -0.338. The molecule has 1 amide bonds. The van der Waals surface area contributed by atoms with Gasteiger partial charge >= 0.3 is 0 Å². The van der Waals surface area contributed by atoms with E-state index < -0.39 is 0 Å². The molecule has 1 aliphatic rings. The molecule has 4 aromatic carbocycles. The number of hydrogen-bond acceptors (Lipinski definition) is 2. The fourth-order valence-corrected chi connectivity index (χ4v) is 4.29. The van der Waals surface area contributed by atoms with Crippen molar-refractivity contribution in [2.45, 2.75) is 19.0 Å². The van der Waals surface area contributed by atoms with Crippen molar-refractivity contribution in [3.05, 3.63) is 114 Å². The van der Waals surface area contributed by atoms with Crippen molar-refractivity contribution in [3.63, 3.8) is 0 Å². The Morgan fingerprint density at radius 3 is 2.52 bits per heavy atom. The minimum Gasteiger partial charge on any atom is -0.491 e. The lowest BCUT2D eigenvalue weighted by Gasteiger charge is -2.37. The van der Waals surface area contributed by atoms with E-state index in [1.807, 2.05) is 59.5 Å². The number of ether oxygens (including phenoxy) is 1. The van der Waals surface area contributed by atoms with Gasteiger partial charge in [-0.05, 0) is 46.5 Å². The number of amides is 1. The van der Waals surface area contributed by atoms with E-state index in [-0.39, 0.29) is 17.8 Å². The Balaban J connectivity index is 1.48. The number of hydrogen-bond donors (Lipinski definition) is 0. The highest BCUT2D eigenvalue weighted by Gasteiger charge is 2.31. The van der Waals surface area contributed by atoms with Crippen LogP contribution >= 0.6 is 0 Å². The average molecular weight is 411 g/mol. The first-order chi connectivity index (χ1) is 15.2. The van der Waals surface area contributed by atoms with Crippen molar-refractivity contribution in [2.75, 3.05) is 6.61 Å². The van der Waals surface area contributed by atoms with Gasteiger partial charge in [-0.25, -0.2) is 4.39 Å². The standard InChI is InChI=1S/C27H22FNO2/c28-22-11-6-12-24(16-22)31-18-23-15-20-8-1-2-9-21(20)17-29(23)27(30)26-14-5-10-19-7-3-4-13-25(19)26/h1-14,16,23H,15,17-18H2/t23-/m0/s1. The normalized spacial score (nSPS) is 15.5. The summed E-state index contributed by atoms with van der Waals surface area (Å²) in [4.78, 5) is 15.6. The van der Waals surface area contributed by atoms with Crippen molar-refractivity contribution in [1.82, 2.24) is 4.90 Å². The predicted octanol–water partition coefficient (Wildman–Crippen LogP) is 5.63. The number of fused-ring (bicyclic) bond motifs is 2. The van der Waals surface area contributed by atoms with Crippen LogP contribution in [0, 0.1) is 5.82 Å². The van der Waals surface area contributed by atoms with Gasteiger partial charge in [0.05, 0.1) is 6.04 Å². The highest BCUT2D eigenvalue weighted by Crippen LogP contribution is 2.28. The van der Waals surface area contributed by atoms with Crippen molar-refractivity contribution < 1.29 is 13.9 Å². The number of carbonyl (C=O) groups is 1. The van der Waals surface area contributed by atoms with Gasteiger partial charge in [-0.3, -0.25) is 4.79 Å². The molecule has 0 aromatic heterocycles. The largest absolute Gasteiger partial charge is 0.491 e. The van der Waals surface area contributed by atoms with Crippen LogP contribution in [0.1, 0.15) is 21.5 Å². The zero-order chi connectivity index (χ0) is 21.2. The summed E-state index contributed by atoms with van der Waals surface area (Å²) in [7, 11) is 0. The van der Waals surface area contributed by atoms with Gasteiger partial charge in [-0.1, -0.05) is 66.7 Å². The number of halogens is 1. The topological polar surface area (TPSA) is 29.5 Å². The fourth-order valence-electron chi connectivity index (χ4n) is 4.29. The van der Waals surface area contributed by atoms with E-state index in [2.05, 4.69) is 12.1 Å². The Bertz CT molecular complexity index is 1250. The van der Waals surface area contributed by atoms with Gasteiger partial charge in [0.25, 0.3) is 5.91 Å². The van der Waals surface area contributed by atoms with Crippen LogP contribution in [-0.2, 0) is 13.0 Å². The molecule has 0 unspecified atom stereocenters. The summed E-state index contributed by atoms with van der Waals surface area (Å²) < 4.78 is 19.5. The molecule has 5 rings (SSSR count). The summed E-state index contributed by atoms with van der Waals surface area (Å²) >= 11 is 0. The minimum absolute atomic E-state index is 0.0147. The third-order valence-electron chi connectivity index (χ3n) is 5.87. The molecule has 0 saturated heterocycles. The quantitative estimate of drug-likeness (QED) is 0.436. The Morgan fingerprint density at radius 1 is 0.903 bits per heavy atom. The van der Waals surface area contributed by atoms with Gasteiger partial charge in [0, 0.05) is 18.2 Å². The molecule has 0 fully saturated rings. The molecule has 0 saturated carbocycles. The van der Waals surface area contributed by atoms with Crippen molar-refractivity contribution in [1.29, 1.82) is 0 Å². The van der Waals surface area contributed by atoms with Gasteiger partial charge in [-0.15, -0.1) is 0 Å². The first kappa shape index (κ1) is 19.3. The summed E-state index contributed by atoms with van der Waals surface area (Å²) in [6.07, 6.45) is 0.696. The molecule has 3 nitrogen and oxygen atoms in total. The molecule has 0 N–H and O–H groups in total. The van der Waals surface area contributed by atoms with E-state index in [4.69, 9.17) is 4.74 Å². The van der Waals surface area contributed by atoms with E-state index in [0.29, 0.717) is 30.9 Å². The van der Waals surface area contributed by atoms with Crippen LogP contribution in [0.5, 0.6) is 5.75 Å². The Labute approximate surface area is 180 Å². The molecule has 0 spiro atoms. The third-order valence-corrected chi connectivity index (χ3v) is 5.87. The lowest BCUT2D eigenvalue weighted by atomic mass is 9.93. The maximum atomic E-state index is 13.7. The second kappa shape index (κ2) is 8.23. The molecular formula is C27H22FNO2. The van der Waals surface area contributed by atoms with Gasteiger partial charge in [0.2, 0.25) is 0 Å². The van der Waals surface area contributed by atoms with Crippen LogP contribution in [0.15, 0.2) is 91.0 Å². The maximum Gasteiger partial charge on any atom is 0.255 e. The SMILES string of the molecule is O=C(c1cccc2ccccc12)N1Cc2ccccc2C[C@H]1COc1cccc(F)c1. The number of carbonyl (C=O) groups excluding carboxylic acids is 1. The van der Waals surface area contributed by atoms with Crippen molar-refractivity contribution in [3.8, 4) is 5.75 Å². The van der Waals surface area contributed by atoms with Gasteiger partial charge in [-0.2, -0.15) is 0 Å². The fraction of sp³-hybridized carbons (Fsp3) is 0.148. The Kier molecular flexibility index (Phi) is 5.13. The third kappa shape index (κ3) is 3.89. The average Bonchev–Trinajstić information content (AvgIpc) is 2.81.